The van der Waals surface area contributed by atoms with Crippen molar-refractivity contribution in [2.24, 2.45) is 0 Å². The van der Waals surface area contributed by atoms with Crippen molar-refractivity contribution in [1.82, 2.24) is 10.6 Å². The van der Waals surface area contributed by atoms with Gasteiger partial charge in [-0.1, -0.05) is 6.42 Å². The summed E-state index contributed by atoms with van der Waals surface area (Å²) in [5.41, 5.74) is 0. The van der Waals surface area contributed by atoms with Gasteiger partial charge in [-0.25, -0.2) is 0 Å². The van der Waals surface area contributed by atoms with Crippen LogP contribution in [-0.4, -0.2) is 44.7 Å². The predicted octanol–water partition coefficient (Wildman–Crippen LogP) is 1.90. The monoisotopic (exact) mass is 258 g/mol. The summed E-state index contributed by atoms with van der Waals surface area (Å²) in [6.45, 7) is 9.59. The Morgan fingerprint density at radius 2 is 1.94 bits per heavy atom. The zero-order valence-corrected chi connectivity index (χ0v) is 12.2. The van der Waals surface area contributed by atoms with Crippen LogP contribution in [0, 0.1) is 0 Å². The summed E-state index contributed by atoms with van der Waals surface area (Å²) >= 11 is 0. The van der Waals surface area contributed by atoms with E-state index in [1.54, 1.807) is 0 Å². The van der Waals surface area contributed by atoms with E-state index in [9.17, 15) is 0 Å². The molecule has 2 N–H and O–H groups in total. The summed E-state index contributed by atoms with van der Waals surface area (Å²) in [4.78, 5) is 0. The molecule has 2 unspecified atom stereocenters. The fourth-order valence-corrected chi connectivity index (χ4v) is 2.47. The van der Waals surface area contributed by atoms with Crippen LogP contribution in [-0.2, 0) is 9.47 Å². The first-order chi connectivity index (χ1) is 8.76. The minimum absolute atomic E-state index is 0.109. The Hall–Kier alpha value is -0.160. The van der Waals surface area contributed by atoms with Gasteiger partial charge in [-0.2, -0.15) is 0 Å². The average molecular weight is 258 g/mol. The van der Waals surface area contributed by atoms with Crippen LogP contribution in [0.25, 0.3) is 0 Å². The molecule has 1 saturated heterocycles. The summed E-state index contributed by atoms with van der Waals surface area (Å²) in [7, 11) is 0. The van der Waals surface area contributed by atoms with Crippen molar-refractivity contribution >= 4 is 0 Å². The molecule has 18 heavy (non-hydrogen) atoms. The molecule has 0 aromatic carbocycles. The maximum Gasteiger partial charge on any atom is 0.169 e. The lowest BCUT2D eigenvalue weighted by atomic mass is 9.99. The third-order valence-electron chi connectivity index (χ3n) is 3.39. The Morgan fingerprint density at radius 3 is 2.50 bits per heavy atom. The molecule has 0 bridgehead atoms. The second kappa shape index (κ2) is 9.73. The van der Waals surface area contributed by atoms with Crippen LogP contribution >= 0.6 is 0 Å². The second-order valence-electron chi connectivity index (χ2n) is 5.03. The molecule has 0 saturated carbocycles. The van der Waals surface area contributed by atoms with Crippen LogP contribution < -0.4 is 10.6 Å². The van der Waals surface area contributed by atoms with Crippen molar-refractivity contribution in [3.63, 3.8) is 0 Å². The summed E-state index contributed by atoms with van der Waals surface area (Å²) in [6, 6.07) is 1.18. The standard InChI is InChI=1S/C14H30N2O2/c1-4-17-14(18-5-2)11-16-12(3)10-13-8-6-7-9-15-13/h12-16H,4-11H2,1-3H3. The van der Waals surface area contributed by atoms with Gasteiger partial charge in [0, 0.05) is 31.8 Å². The lowest BCUT2D eigenvalue weighted by Crippen LogP contribution is -2.42. The smallest absolute Gasteiger partial charge is 0.169 e. The number of nitrogens with one attached hydrogen (secondary N) is 2. The number of ether oxygens (including phenoxy) is 2. The van der Waals surface area contributed by atoms with E-state index in [2.05, 4.69) is 17.6 Å². The number of piperidine rings is 1. The summed E-state index contributed by atoms with van der Waals surface area (Å²) in [5.74, 6) is 0. The molecule has 1 aliphatic rings. The Kier molecular flexibility index (Phi) is 8.59. The Bertz CT molecular complexity index is 190. The highest BCUT2D eigenvalue weighted by molar-refractivity contribution is 4.77. The molecule has 1 heterocycles. The van der Waals surface area contributed by atoms with E-state index >= 15 is 0 Å². The molecule has 0 aromatic rings. The number of rotatable bonds is 9. The van der Waals surface area contributed by atoms with Gasteiger partial charge in [-0.15, -0.1) is 0 Å². The normalized spacial score (nSPS) is 22.3. The van der Waals surface area contributed by atoms with E-state index in [-0.39, 0.29) is 6.29 Å². The summed E-state index contributed by atoms with van der Waals surface area (Å²) in [5, 5.41) is 7.10. The van der Waals surface area contributed by atoms with Gasteiger partial charge in [-0.05, 0) is 46.6 Å². The molecule has 4 heteroatoms. The molecule has 0 radical (unpaired) electrons. The predicted molar refractivity (Wildman–Crippen MR) is 74.8 cm³/mol. The van der Waals surface area contributed by atoms with Crippen molar-refractivity contribution in [1.29, 1.82) is 0 Å². The molecule has 0 spiro atoms. The first-order valence-corrected chi connectivity index (χ1v) is 7.46. The minimum atomic E-state index is -0.109. The van der Waals surface area contributed by atoms with E-state index in [0.29, 0.717) is 25.3 Å². The fourth-order valence-electron chi connectivity index (χ4n) is 2.47. The molecule has 0 aromatic heterocycles. The molecule has 1 aliphatic heterocycles. The molecular formula is C14H30N2O2. The molecule has 1 rings (SSSR count). The molecular weight excluding hydrogens is 228 g/mol. The van der Waals surface area contributed by atoms with E-state index in [0.717, 1.165) is 6.54 Å². The van der Waals surface area contributed by atoms with Crippen LogP contribution in [0.2, 0.25) is 0 Å². The molecule has 4 nitrogen and oxygen atoms in total. The maximum atomic E-state index is 5.52. The van der Waals surface area contributed by atoms with Gasteiger partial charge in [0.15, 0.2) is 6.29 Å². The lowest BCUT2D eigenvalue weighted by Gasteiger charge is -2.27. The molecule has 2 atom stereocenters. The van der Waals surface area contributed by atoms with E-state index in [1.807, 2.05) is 13.8 Å². The topological polar surface area (TPSA) is 42.5 Å². The number of hydrogen-bond donors (Lipinski definition) is 2. The van der Waals surface area contributed by atoms with Crippen molar-refractivity contribution in [2.45, 2.75) is 64.8 Å². The summed E-state index contributed by atoms with van der Waals surface area (Å²) in [6.07, 6.45) is 5.08. The molecule has 1 fully saturated rings. The molecule has 108 valence electrons. The lowest BCUT2D eigenvalue weighted by molar-refractivity contribution is -0.133. The Labute approximate surface area is 112 Å². The van der Waals surface area contributed by atoms with E-state index < -0.39 is 0 Å². The van der Waals surface area contributed by atoms with Crippen molar-refractivity contribution in [2.75, 3.05) is 26.3 Å². The summed E-state index contributed by atoms with van der Waals surface area (Å²) < 4.78 is 11.0. The van der Waals surface area contributed by atoms with Crippen LogP contribution in [0.5, 0.6) is 0 Å². The zero-order valence-electron chi connectivity index (χ0n) is 12.2. The maximum absolute atomic E-state index is 5.52. The second-order valence-corrected chi connectivity index (χ2v) is 5.03. The van der Waals surface area contributed by atoms with Crippen LogP contribution in [0.4, 0.5) is 0 Å². The van der Waals surface area contributed by atoms with Crippen LogP contribution in [0.3, 0.4) is 0 Å². The highest BCUT2D eigenvalue weighted by atomic mass is 16.7. The van der Waals surface area contributed by atoms with Gasteiger partial charge < -0.3 is 20.1 Å². The average Bonchev–Trinajstić information content (AvgIpc) is 2.38. The van der Waals surface area contributed by atoms with Crippen molar-refractivity contribution in [3.05, 3.63) is 0 Å². The van der Waals surface area contributed by atoms with E-state index in [4.69, 9.17) is 9.47 Å². The highest BCUT2D eigenvalue weighted by Crippen LogP contribution is 2.11. The quantitative estimate of drug-likeness (QED) is 0.620. The largest absolute Gasteiger partial charge is 0.352 e. The number of hydrogen-bond acceptors (Lipinski definition) is 4. The van der Waals surface area contributed by atoms with Gasteiger partial charge in [0.05, 0.1) is 0 Å². The van der Waals surface area contributed by atoms with E-state index in [1.165, 1.54) is 32.2 Å². The molecule has 0 amide bonds. The SMILES string of the molecule is CCOC(CNC(C)CC1CCCCN1)OCC. The fraction of sp³-hybridized carbons (Fsp3) is 1.00. The van der Waals surface area contributed by atoms with Crippen LogP contribution in [0.15, 0.2) is 0 Å². The third kappa shape index (κ3) is 6.69. The Morgan fingerprint density at radius 1 is 1.22 bits per heavy atom. The van der Waals surface area contributed by atoms with Crippen molar-refractivity contribution in [3.8, 4) is 0 Å². The zero-order chi connectivity index (χ0) is 13.2. The first-order valence-electron chi connectivity index (χ1n) is 7.46. The van der Waals surface area contributed by atoms with Gasteiger partial charge in [0.1, 0.15) is 0 Å². The highest BCUT2D eigenvalue weighted by Gasteiger charge is 2.16. The van der Waals surface area contributed by atoms with Gasteiger partial charge >= 0.3 is 0 Å². The van der Waals surface area contributed by atoms with Gasteiger partial charge in [0.2, 0.25) is 0 Å². The first kappa shape index (κ1) is 15.9. The minimum Gasteiger partial charge on any atom is -0.352 e. The third-order valence-corrected chi connectivity index (χ3v) is 3.39. The van der Waals surface area contributed by atoms with Crippen molar-refractivity contribution < 1.29 is 9.47 Å². The van der Waals surface area contributed by atoms with Gasteiger partial charge in [0.25, 0.3) is 0 Å². The Balaban J connectivity index is 2.15. The molecule has 0 aliphatic carbocycles. The van der Waals surface area contributed by atoms with Crippen LogP contribution in [0.1, 0.15) is 46.5 Å². The van der Waals surface area contributed by atoms with Gasteiger partial charge in [-0.3, -0.25) is 0 Å².